The minimum Gasteiger partial charge on any atom is -0.354 e. The van der Waals surface area contributed by atoms with Crippen molar-refractivity contribution in [3.05, 3.63) is 34.7 Å². The molecule has 1 aromatic rings. The number of nitrogens with zero attached hydrogens (tertiary/aromatic N) is 1. The van der Waals surface area contributed by atoms with E-state index in [1.165, 1.54) is 19.3 Å². The predicted molar refractivity (Wildman–Crippen MR) is 60.9 cm³/mol. The number of pyridine rings is 1. The summed E-state index contributed by atoms with van der Waals surface area (Å²) in [6, 6.07) is 3.25. The van der Waals surface area contributed by atoms with E-state index in [4.69, 9.17) is 0 Å². The molecule has 0 bridgehead atoms. The highest BCUT2D eigenvalue weighted by molar-refractivity contribution is 4.93. The quantitative estimate of drug-likeness (QED) is 0.807. The number of nitrogens with one attached hydrogen (secondary N) is 1. The van der Waals surface area contributed by atoms with E-state index in [1.807, 2.05) is 12.4 Å². The van der Waals surface area contributed by atoms with Crippen molar-refractivity contribution in [2.75, 3.05) is 13.1 Å². The molecule has 0 unspecified atom stereocenters. The number of piperidine rings is 1. The minimum atomic E-state index is 0.0908. The minimum absolute atomic E-state index is 0.0908. The van der Waals surface area contributed by atoms with Gasteiger partial charge >= 0.3 is 0 Å². The lowest BCUT2D eigenvalue weighted by Gasteiger charge is -2.22. The van der Waals surface area contributed by atoms with Crippen molar-refractivity contribution in [1.29, 1.82) is 0 Å². The van der Waals surface area contributed by atoms with E-state index in [-0.39, 0.29) is 5.43 Å². The van der Waals surface area contributed by atoms with Crippen molar-refractivity contribution in [3.8, 4) is 0 Å². The predicted octanol–water partition coefficient (Wildman–Crippen LogP) is 1.24. The summed E-state index contributed by atoms with van der Waals surface area (Å²) in [4.78, 5) is 10.9. The third kappa shape index (κ3) is 3.20. The first kappa shape index (κ1) is 10.4. The van der Waals surface area contributed by atoms with Gasteiger partial charge in [0.1, 0.15) is 0 Å². The Hall–Kier alpha value is -1.09. The van der Waals surface area contributed by atoms with Gasteiger partial charge in [-0.3, -0.25) is 4.79 Å². The largest absolute Gasteiger partial charge is 0.354 e. The second kappa shape index (κ2) is 5.12. The molecule has 3 heteroatoms. The average Bonchev–Trinajstić information content (AvgIpc) is 2.30. The summed E-state index contributed by atoms with van der Waals surface area (Å²) in [5, 5.41) is 3.37. The van der Waals surface area contributed by atoms with Gasteiger partial charge in [0.05, 0.1) is 0 Å². The lowest BCUT2D eigenvalue weighted by atomic mass is 9.95. The molecule has 1 N–H and O–H groups in total. The molecule has 2 heterocycles. The zero-order valence-corrected chi connectivity index (χ0v) is 8.98. The Morgan fingerprint density at radius 1 is 1.27 bits per heavy atom. The average molecular weight is 206 g/mol. The SMILES string of the molecule is O=c1ccn(CCC2CCNCC2)cc1. The molecule has 1 aliphatic rings. The highest BCUT2D eigenvalue weighted by Crippen LogP contribution is 2.16. The second-order valence-electron chi connectivity index (χ2n) is 4.25. The van der Waals surface area contributed by atoms with Crippen LogP contribution in [-0.4, -0.2) is 17.7 Å². The first-order valence-electron chi connectivity index (χ1n) is 5.71. The summed E-state index contributed by atoms with van der Waals surface area (Å²) in [7, 11) is 0. The second-order valence-corrected chi connectivity index (χ2v) is 4.25. The topological polar surface area (TPSA) is 34.0 Å². The summed E-state index contributed by atoms with van der Waals surface area (Å²) in [5.74, 6) is 0.852. The molecule has 1 fully saturated rings. The Kier molecular flexibility index (Phi) is 3.56. The number of aryl methyl sites for hydroxylation is 1. The summed E-state index contributed by atoms with van der Waals surface area (Å²) in [5.41, 5.74) is 0.0908. The van der Waals surface area contributed by atoms with Crippen LogP contribution >= 0.6 is 0 Å². The molecule has 15 heavy (non-hydrogen) atoms. The molecule has 1 aliphatic heterocycles. The monoisotopic (exact) mass is 206 g/mol. The number of aromatic nitrogens is 1. The lowest BCUT2D eigenvalue weighted by molar-refractivity contribution is 0.337. The molecular formula is C12H18N2O. The third-order valence-electron chi connectivity index (χ3n) is 3.11. The van der Waals surface area contributed by atoms with Gasteiger partial charge in [0.2, 0.25) is 0 Å². The van der Waals surface area contributed by atoms with Gasteiger partial charge in [0.25, 0.3) is 0 Å². The summed E-state index contributed by atoms with van der Waals surface area (Å²) in [6.07, 6.45) is 7.57. The van der Waals surface area contributed by atoms with Crippen molar-refractivity contribution >= 4 is 0 Å². The van der Waals surface area contributed by atoms with Crippen LogP contribution in [0.5, 0.6) is 0 Å². The van der Waals surface area contributed by atoms with E-state index in [9.17, 15) is 4.79 Å². The van der Waals surface area contributed by atoms with Crippen LogP contribution in [0, 0.1) is 5.92 Å². The van der Waals surface area contributed by atoms with E-state index < -0.39 is 0 Å². The maximum Gasteiger partial charge on any atom is 0.181 e. The van der Waals surface area contributed by atoms with Gasteiger partial charge in [0, 0.05) is 31.1 Å². The Labute approximate surface area is 90.1 Å². The fourth-order valence-electron chi connectivity index (χ4n) is 2.09. The molecule has 0 saturated carbocycles. The maximum atomic E-state index is 10.9. The molecule has 0 spiro atoms. The van der Waals surface area contributed by atoms with E-state index in [2.05, 4.69) is 9.88 Å². The van der Waals surface area contributed by atoms with E-state index >= 15 is 0 Å². The standard InChI is InChI=1S/C12H18N2O/c15-12-4-9-14(10-5-12)8-3-11-1-6-13-7-2-11/h4-5,9-11,13H,1-3,6-8H2. The van der Waals surface area contributed by atoms with E-state index in [1.54, 1.807) is 12.1 Å². The van der Waals surface area contributed by atoms with Crippen LogP contribution in [0.25, 0.3) is 0 Å². The van der Waals surface area contributed by atoms with Crippen LogP contribution in [0.15, 0.2) is 29.3 Å². The van der Waals surface area contributed by atoms with Gasteiger partial charge < -0.3 is 9.88 Å². The van der Waals surface area contributed by atoms with Crippen molar-refractivity contribution in [2.45, 2.75) is 25.8 Å². The van der Waals surface area contributed by atoms with Gasteiger partial charge in [-0.15, -0.1) is 0 Å². The number of hydrogen-bond donors (Lipinski definition) is 1. The van der Waals surface area contributed by atoms with Crippen LogP contribution in [0.3, 0.4) is 0 Å². The fraction of sp³-hybridized carbons (Fsp3) is 0.583. The zero-order chi connectivity index (χ0) is 10.5. The molecule has 1 aromatic heterocycles. The Morgan fingerprint density at radius 2 is 1.93 bits per heavy atom. The van der Waals surface area contributed by atoms with Crippen LogP contribution in [0.1, 0.15) is 19.3 Å². The van der Waals surface area contributed by atoms with Gasteiger partial charge in [-0.25, -0.2) is 0 Å². The third-order valence-corrected chi connectivity index (χ3v) is 3.11. The van der Waals surface area contributed by atoms with Crippen LogP contribution < -0.4 is 10.7 Å². The van der Waals surface area contributed by atoms with E-state index in [0.29, 0.717) is 0 Å². The van der Waals surface area contributed by atoms with Gasteiger partial charge in [-0.05, 0) is 38.3 Å². The zero-order valence-electron chi connectivity index (χ0n) is 8.98. The van der Waals surface area contributed by atoms with Crippen molar-refractivity contribution < 1.29 is 0 Å². The highest BCUT2D eigenvalue weighted by Gasteiger charge is 2.11. The van der Waals surface area contributed by atoms with Gasteiger partial charge in [-0.2, -0.15) is 0 Å². The summed E-state index contributed by atoms with van der Waals surface area (Å²) >= 11 is 0. The van der Waals surface area contributed by atoms with Crippen molar-refractivity contribution in [2.24, 2.45) is 5.92 Å². The maximum absolute atomic E-state index is 10.9. The highest BCUT2D eigenvalue weighted by atomic mass is 16.1. The Morgan fingerprint density at radius 3 is 2.60 bits per heavy atom. The smallest absolute Gasteiger partial charge is 0.181 e. The van der Waals surface area contributed by atoms with Gasteiger partial charge in [0.15, 0.2) is 5.43 Å². The summed E-state index contributed by atoms with van der Waals surface area (Å²) in [6.45, 7) is 3.36. The molecule has 0 atom stereocenters. The normalized spacial score (nSPS) is 17.9. The molecular weight excluding hydrogens is 188 g/mol. The first-order valence-corrected chi connectivity index (χ1v) is 5.71. The van der Waals surface area contributed by atoms with E-state index in [0.717, 1.165) is 25.6 Å². The van der Waals surface area contributed by atoms with Crippen LogP contribution in [0.2, 0.25) is 0 Å². The first-order chi connectivity index (χ1) is 7.34. The molecule has 2 rings (SSSR count). The van der Waals surface area contributed by atoms with Crippen molar-refractivity contribution in [1.82, 2.24) is 9.88 Å². The molecule has 82 valence electrons. The Bertz CT molecular complexity index is 332. The molecule has 0 aliphatic carbocycles. The lowest BCUT2D eigenvalue weighted by Crippen LogP contribution is -2.28. The molecule has 0 aromatic carbocycles. The van der Waals surface area contributed by atoms with Crippen LogP contribution in [-0.2, 0) is 6.54 Å². The molecule has 3 nitrogen and oxygen atoms in total. The molecule has 1 saturated heterocycles. The van der Waals surface area contributed by atoms with Crippen LogP contribution in [0.4, 0.5) is 0 Å². The number of rotatable bonds is 3. The Balaban J connectivity index is 1.81. The molecule has 0 amide bonds. The van der Waals surface area contributed by atoms with Gasteiger partial charge in [-0.1, -0.05) is 0 Å². The number of hydrogen-bond acceptors (Lipinski definition) is 2. The van der Waals surface area contributed by atoms with Crippen molar-refractivity contribution in [3.63, 3.8) is 0 Å². The fourth-order valence-corrected chi connectivity index (χ4v) is 2.09. The summed E-state index contributed by atoms with van der Waals surface area (Å²) < 4.78 is 2.10. The molecule has 0 radical (unpaired) electrons.